The first kappa shape index (κ1) is 14.7. The predicted molar refractivity (Wildman–Crippen MR) is 81.3 cm³/mol. The van der Waals surface area contributed by atoms with Gasteiger partial charge in [-0.15, -0.1) is 0 Å². The van der Waals surface area contributed by atoms with Crippen LogP contribution in [-0.2, 0) is 0 Å². The van der Waals surface area contributed by atoms with Crippen LogP contribution in [0.2, 0.25) is 0 Å². The monoisotopic (exact) mass is 334 g/mol. The van der Waals surface area contributed by atoms with Gasteiger partial charge in [-0.2, -0.15) is 0 Å². The first-order valence-corrected chi connectivity index (χ1v) is 6.92. The van der Waals surface area contributed by atoms with Crippen molar-refractivity contribution in [3.05, 3.63) is 39.3 Å². The van der Waals surface area contributed by atoms with Crippen molar-refractivity contribution in [2.24, 2.45) is 0 Å². The minimum atomic E-state index is 0.165. The molecule has 20 heavy (non-hydrogen) atoms. The van der Waals surface area contributed by atoms with Crippen molar-refractivity contribution < 1.29 is 9.53 Å². The highest BCUT2D eigenvalue weighted by atomic mass is 79.9. The van der Waals surface area contributed by atoms with Crippen LogP contribution in [0.5, 0.6) is 5.75 Å². The van der Waals surface area contributed by atoms with E-state index in [1.54, 1.807) is 19.4 Å². The zero-order valence-electron chi connectivity index (χ0n) is 11.8. The van der Waals surface area contributed by atoms with Gasteiger partial charge < -0.3 is 4.74 Å². The molecule has 104 valence electrons. The highest BCUT2D eigenvalue weighted by Gasteiger charge is 2.19. The molecule has 0 atom stereocenters. The normalized spacial score (nSPS) is 10.4. The van der Waals surface area contributed by atoms with E-state index >= 15 is 0 Å². The van der Waals surface area contributed by atoms with Crippen molar-refractivity contribution in [1.82, 2.24) is 9.97 Å². The first-order chi connectivity index (χ1) is 9.51. The zero-order chi connectivity index (χ0) is 14.9. The molecule has 0 aliphatic rings. The third-order valence-electron chi connectivity index (χ3n) is 3.40. The van der Waals surface area contributed by atoms with Gasteiger partial charge >= 0.3 is 0 Å². The largest absolute Gasteiger partial charge is 0.496 e. The molecule has 0 aliphatic heterocycles. The molecule has 0 bridgehead atoms. The van der Waals surface area contributed by atoms with Gasteiger partial charge in [0.2, 0.25) is 0 Å². The van der Waals surface area contributed by atoms with E-state index in [-0.39, 0.29) is 5.82 Å². The molecule has 0 N–H and O–H groups in total. The molecule has 0 spiro atoms. The number of aldehydes is 1. The van der Waals surface area contributed by atoms with E-state index in [1.165, 1.54) is 0 Å². The Morgan fingerprint density at radius 1 is 1.20 bits per heavy atom. The van der Waals surface area contributed by atoms with Gasteiger partial charge in [0.1, 0.15) is 5.75 Å². The van der Waals surface area contributed by atoms with Gasteiger partial charge in [0.15, 0.2) is 12.1 Å². The summed E-state index contributed by atoms with van der Waals surface area (Å²) in [4.78, 5) is 19.0. The lowest BCUT2D eigenvalue weighted by molar-refractivity contribution is 0.111. The Hall–Kier alpha value is -1.75. The lowest BCUT2D eigenvalue weighted by Gasteiger charge is -2.18. The van der Waals surface area contributed by atoms with Crippen LogP contribution in [0.4, 0.5) is 0 Å². The Labute approximate surface area is 126 Å². The van der Waals surface area contributed by atoms with Crippen LogP contribution in [0.25, 0.3) is 11.3 Å². The lowest BCUT2D eigenvalue weighted by Crippen LogP contribution is -2.01. The maximum Gasteiger partial charge on any atom is 0.193 e. The third-order valence-corrected chi connectivity index (χ3v) is 4.59. The number of rotatable bonds is 3. The van der Waals surface area contributed by atoms with Gasteiger partial charge in [0.25, 0.3) is 0 Å². The van der Waals surface area contributed by atoms with Crippen molar-refractivity contribution in [3.63, 3.8) is 0 Å². The highest BCUT2D eigenvalue weighted by Crippen LogP contribution is 2.41. The summed E-state index contributed by atoms with van der Waals surface area (Å²) in [5.41, 5.74) is 4.77. The average Bonchev–Trinajstić information content (AvgIpc) is 2.48. The second-order valence-corrected chi connectivity index (χ2v) is 5.31. The van der Waals surface area contributed by atoms with Gasteiger partial charge in [-0.1, -0.05) is 15.9 Å². The molecular formula is C15H15BrN2O2. The fourth-order valence-electron chi connectivity index (χ4n) is 2.22. The molecule has 4 nitrogen and oxygen atoms in total. The van der Waals surface area contributed by atoms with Crippen molar-refractivity contribution >= 4 is 22.2 Å². The van der Waals surface area contributed by atoms with Crippen LogP contribution >= 0.6 is 15.9 Å². The van der Waals surface area contributed by atoms with E-state index in [0.717, 1.165) is 32.5 Å². The fourth-order valence-corrected chi connectivity index (χ4v) is 2.71. The van der Waals surface area contributed by atoms with Gasteiger partial charge in [0, 0.05) is 16.2 Å². The standard InChI is InChI=1S/C15H15BrN2O2/c1-8-9(2)15(20-4)13(10(3)14(8)16)11-5-6-17-12(7-19)18-11/h5-7H,1-4H3. The number of nitrogens with zero attached hydrogens (tertiary/aromatic N) is 2. The maximum atomic E-state index is 10.9. The Bertz CT molecular complexity index is 684. The second kappa shape index (κ2) is 5.71. The summed E-state index contributed by atoms with van der Waals surface area (Å²) in [6, 6.07) is 1.78. The summed E-state index contributed by atoms with van der Waals surface area (Å²) in [6.07, 6.45) is 2.22. The van der Waals surface area contributed by atoms with E-state index in [4.69, 9.17) is 4.74 Å². The predicted octanol–water partition coefficient (Wildman–Crippen LogP) is 3.65. The quantitative estimate of drug-likeness (QED) is 0.804. The van der Waals surface area contributed by atoms with Crippen LogP contribution < -0.4 is 4.74 Å². The highest BCUT2D eigenvalue weighted by molar-refractivity contribution is 9.10. The van der Waals surface area contributed by atoms with Crippen molar-refractivity contribution in [2.45, 2.75) is 20.8 Å². The number of carbonyl (C=O) groups excluding carboxylic acids is 1. The summed E-state index contributed by atoms with van der Waals surface area (Å²) < 4.78 is 6.58. The molecule has 0 saturated carbocycles. The molecule has 0 amide bonds. The number of aromatic nitrogens is 2. The number of hydrogen-bond acceptors (Lipinski definition) is 4. The molecule has 1 aromatic carbocycles. The number of ether oxygens (including phenoxy) is 1. The molecule has 0 radical (unpaired) electrons. The number of methoxy groups -OCH3 is 1. The van der Waals surface area contributed by atoms with Gasteiger partial charge in [0.05, 0.1) is 12.8 Å². The van der Waals surface area contributed by atoms with E-state index in [9.17, 15) is 4.79 Å². The molecule has 1 heterocycles. The molecule has 2 rings (SSSR count). The molecular weight excluding hydrogens is 320 g/mol. The van der Waals surface area contributed by atoms with Gasteiger partial charge in [-0.05, 0) is 43.5 Å². The minimum absolute atomic E-state index is 0.165. The molecule has 2 aromatic rings. The van der Waals surface area contributed by atoms with Crippen LogP contribution in [0, 0.1) is 20.8 Å². The smallest absolute Gasteiger partial charge is 0.193 e. The second-order valence-electron chi connectivity index (χ2n) is 4.52. The van der Waals surface area contributed by atoms with Crippen LogP contribution in [0.1, 0.15) is 27.3 Å². The molecule has 1 aromatic heterocycles. The van der Waals surface area contributed by atoms with Crippen molar-refractivity contribution in [3.8, 4) is 17.0 Å². The number of hydrogen-bond donors (Lipinski definition) is 0. The zero-order valence-corrected chi connectivity index (χ0v) is 13.4. The Morgan fingerprint density at radius 3 is 2.50 bits per heavy atom. The summed E-state index contributed by atoms with van der Waals surface area (Å²) in [6.45, 7) is 6.04. The number of carbonyl (C=O) groups is 1. The summed E-state index contributed by atoms with van der Waals surface area (Å²) >= 11 is 3.61. The fraction of sp³-hybridized carbons (Fsp3) is 0.267. The van der Waals surface area contributed by atoms with Crippen molar-refractivity contribution in [2.75, 3.05) is 7.11 Å². The molecule has 0 aliphatic carbocycles. The Balaban J connectivity index is 2.81. The van der Waals surface area contributed by atoms with E-state index < -0.39 is 0 Å². The Kier molecular flexibility index (Phi) is 4.18. The molecule has 0 unspecified atom stereocenters. The minimum Gasteiger partial charge on any atom is -0.496 e. The van der Waals surface area contributed by atoms with Crippen LogP contribution in [-0.4, -0.2) is 23.4 Å². The first-order valence-electron chi connectivity index (χ1n) is 6.13. The lowest BCUT2D eigenvalue weighted by atomic mass is 9.96. The maximum absolute atomic E-state index is 10.9. The average molecular weight is 335 g/mol. The molecule has 5 heteroatoms. The number of halogens is 1. The van der Waals surface area contributed by atoms with Gasteiger partial charge in [-0.25, -0.2) is 9.97 Å². The van der Waals surface area contributed by atoms with E-state index in [0.29, 0.717) is 12.0 Å². The van der Waals surface area contributed by atoms with Crippen LogP contribution in [0.3, 0.4) is 0 Å². The van der Waals surface area contributed by atoms with Crippen molar-refractivity contribution in [1.29, 1.82) is 0 Å². The molecule has 0 saturated heterocycles. The van der Waals surface area contributed by atoms with E-state index in [1.807, 2.05) is 20.8 Å². The third kappa shape index (κ3) is 2.33. The molecule has 0 fully saturated rings. The SMILES string of the molecule is COc1c(C)c(C)c(Br)c(C)c1-c1ccnc(C=O)n1. The summed E-state index contributed by atoms with van der Waals surface area (Å²) in [7, 11) is 1.64. The van der Waals surface area contributed by atoms with Gasteiger partial charge in [-0.3, -0.25) is 4.79 Å². The number of benzene rings is 1. The Morgan fingerprint density at radius 2 is 1.90 bits per heavy atom. The van der Waals surface area contributed by atoms with Crippen LogP contribution in [0.15, 0.2) is 16.7 Å². The van der Waals surface area contributed by atoms with E-state index in [2.05, 4.69) is 25.9 Å². The topological polar surface area (TPSA) is 52.1 Å². The summed E-state index contributed by atoms with van der Waals surface area (Å²) in [5, 5.41) is 0. The summed E-state index contributed by atoms with van der Waals surface area (Å²) in [5.74, 6) is 0.942.